The summed E-state index contributed by atoms with van der Waals surface area (Å²) in [4.78, 5) is 0. The van der Waals surface area contributed by atoms with Gasteiger partial charge in [-0.2, -0.15) is 0 Å². The zero-order chi connectivity index (χ0) is 12.6. The van der Waals surface area contributed by atoms with Crippen LogP contribution in [0.15, 0.2) is 0 Å². The van der Waals surface area contributed by atoms with Crippen molar-refractivity contribution in [2.24, 2.45) is 28.1 Å². The Hall–Kier alpha value is -0.0800. The summed E-state index contributed by atoms with van der Waals surface area (Å²) in [6.07, 6.45) is 3.90. The molecule has 3 saturated carbocycles. The third-order valence-electron chi connectivity index (χ3n) is 7.18. The number of hydrogen-bond acceptors (Lipinski definition) is 2. The van der Waals surface area contributed by atoms with Crippen molar-refractivity contribution in [3.8, 4) is 0 Å². The van der Waals surface area contributed by atoms with Crippen LogP contribution in [-0.2, 0) is 0 Å². The molecule has 0 amide bonds. The minimum atomic E-state index is -0.255. The molecule has 3 rings (SSSR count). The molecule has 2 heteroatoms. The van der Waals surface area contributed by atoms with Crippen LogP contribution in [0.1, 0.15) is 53.4 Å². The standard InChI is InChI=1S/C15H26O2/c1-13(2)10(16)6-8-14(3)9-5-7-15(14,4)12(17)11(9)13/h9-12,16-17H,5-8H2,1-4H3/t9?,10-,11?,12?,14?,15?/m1/s1. The summed E-state index contributed by atoms with van der Waals surface area (Å²) >= 11 is 0. The van der Waals surface area contributed by atoms with Crippen LogP contribution in [0.2, 0.25) is 0 Å². The Morgan fingerprint density at radius 2 is 1.47 bits per heavy atom. The molecular formula is C15H26O2. The Bertz CT molecular complexity index is 351. The third kappa shape index (κ3) is 1.10. The summed E-state index contributed by atoms with van der Waals surface area (Å²) < 4.78 is 0. The highest BCUT2D eigenvalue weighted by Gasteiger charge is 2.71. The van der Waals surface area contributed by atoms with Gasteiger partial charge in [0.1, 0.15) is 0 Å². The molecule has 17 heavy (non-hydrogen) atoms. The Kier molecular flexibility index (Phi) is 2.17. The van der Waals surface area contributed by atoms with Crippen molar-refractivity contribution >= 4 is 0 Å². The van der Waals surface area contributed by atoms with E-state index < -0.39 is 0 Å². The van der Waals surface area contributed by atoms with Gasteiger partial charge in [0.05, 0.1) is 12.2 Å². The van der Waals surface area contributed by atoms with Gasteiger partial charge in [0.2, 0.25) is 0 Å². The Balaban J connectivity index is 2.13. The molecule has 98 valence electrons. The van der Waals surface area contributed by atoms with Gasteiger partial charge in [0.15, 0.2) is 0 Å². The van der Waals surface area contributed by atoms with Crippen LogP contribution in [-0.4, -0.2) is 22.4 Å². The molecule has 0 radical (unpaired) electrons. The second-order valence-corrected chi connectivity index (χ2v) is 7.83. The van der Waals surface area contributed by atoms with Crippen molar-refractivity contribution in [2.45, 2.75) is 65.6 Å². The second-order valence-electron chi connectivity index (χ2n) is 7.83. The lowest BCUT2D eigenvalue weighted by atomic mass is 9.62. The van der Waals surface area contributed by atoms with Gasteiger partial charge in [0.25, 0.3) is 0 Å². The van der Waals surface area contributed by atoms with E-state index in [1.54, 1.807) is 0 Å². The number of rotatable bonds is 0. The van der Waals surface area contributed by atoms with Gasteiger partial charge in [-0.25, -0.2) is 0 Å². The maximum absolute atomic E-state index is 10.8. The Labute approximate surface area is 104 Å². The van der Waals surface area contributed by atoms with Crippen LogP contribution >= 0.6 is 0 Å². The first-order valence-electron chi connectivity index (χ1n) is 7.11. The maximum Gasteiger partial charge on any atom is 0.0636 e. The lowest BCUT2D eigenvalue weighted by molar-refractivity contribution is -0.0989. The molecule has 0 aromatic rings. The van der Waals surface area contributed by atoms with Gasteiger partial charge in [0, 0.05) is 0 Å². The van der Waals surface area contributed by atoms with Gasteiger partial charge in [-0.1, -0.05) is 27.7 Å². The molecule has 0 spiro atoms. The molecule has 3 aliphatic carbocycles. The second kappa shape index (κ2) is 3.08. The summed E-state index contributed by atoms with van der Waals surface area (Å²) in [5.74, 6) is 0.887. The molecule has 6 atom stereocenters. The van der Waals surface area contributed by atoms with E-state index in [4.69, 9.17) is 0 Å². The minimum Gasteiger partial charge on any atom is -0.393 e. The van der Waals surface area contributed by atoms with E-state index in [1.165, 1.54) is 6.42 Å². The molecule has 2 N–H and O–H groups in total. The van der Waals surface area contributed by atoms with Crippen molar-refractivity contribution in [3.05, 3.63) is 0 Å². The fourth-order valence-electron chi connectivity index (χ4n) is 5.59. The summed E-state index contributed by atoms with van der Waals surface area (Å²) in [5, 5.41) is 21.2. The van der Waals surface area contributed by atoms with Crippen molar-refractivity contribution in [1.82, 2.24) is 0 Å². The first kappa shape index (κ1) is 12.0. The molecule has 0 heterocycles. The van der Waals surface area contributed by atoms with Gasteiger partial charge >= 0.3 is 0 Å². The smallest absolute Gasteiger partial charge is 0.0636 e. The molecule has 3 aliphatic rings. The molecule has 2 nitrogen and oxygen atoms in total. The van der Waals surface area contributed by atoms with E-state index in [1.807, 2.05) is 0 Å². The average Bonchev–Trinajstić information content (AvgIpc) is 2.56. The zero-order valence-electron chi connectivity index (χ0n) is 11.5. The fourth-order valence-corrected chi connectivity index (χ4v) is 5.59. The summed E-state index contributed by atoms with van der Waals surface area (Å²) in [6.45, 7) is 8.95. The normalized spacial score (nSPS) is 60.4. The predicted molar refractivity (Wildman–Crippen MR) is 67.5 cm³/mol. The van der Waals surface area contributed by atoms with E-state index in [-0.39, 0.29) is 34.4 Å². The quantitative estimate of drug-likeness (QED) is 0.681. The summed E-state index contributed by atoms with van der Waals surface area (Å²) in [5.41, 5.74) is 0.186. The minimum absolute atomic E-state index is 0.0831. The van der Waals surface area contributed by atoms with Crippen molar-refractivity contribution < 1.29 is 10.2 Å². The van der Waals surface area contributed by atoms with Crippen molar-refractivity contribution in [2.75, 3.05) is 0 Å². The summed E-state index contributed by atoms with van der Waals surface area (Å²) in [6, 6.07) is 0. The van der Waals surface area contributed by atoms with E-state index >= 15 is 0 Å². The topological polar surface area (TPSA) is 40.5 Å². The molecule has 5 unspecified atom stereocenters. The van der Waals surface area contributed by atoms with Gasteiger partial charge in [-0.15, -0.1) is 0 Å². The highest BCUT2D eigenvalue weighted by Crippen LogP contribution is 2.74. The first-order valence-corrected chi connectivity index (χ1v) is 7.11. The summed E-state index contributed by atoms with van der Waals surface area (Å²) in [7, 11) is 0. The van der Waals surface area contributed by atoms with Gasteiger partial charge in [-0.3, -0.25) is 0 Å². The monoisotopic (exact) mass is 238 g/mol. The van der Waals surface area contributed by atoms with Gasteiger partial charge < -0.3 is 10.2 Å². The molecule has 0 saturated heterocycles. The number of aliphatic hydroxyl groups excluding tert-OH is 2. The first-order chi connectivity index (χ1) is 7.75. The average molecular weight is 238 g/mol. The van der Waals surface area contributed by atoms with Crippen LogP contribution in [0.5, 0.6) is 0 Å². The lowest BCUT2D eigenvalue weighted by Gasteiger charge is -2.46. The zero-order valence-corrected chi connectivity index (χ0v) is 11.5. The highest BCUT2D eigenvalue weighted by atomic mass is 16.3. The number of hydrogen-bond donors (Lipinski definition) is 2. The molecule has 0 aliphatic heterocycles. The Morgan fingerprint density at radius 3 is 2.12 bits per heavy atom. The van der Waals surface area contributed by atoms with E-state index in [0.29, 0.717) is 5.92 Å². The van der Waals surface area contributed by atoms with Crippen LogP contribution in [0.4, 0.5) is 0 Å². The molecule has 4 bridgehead atoms. The highest BCUT2D eigenvalue weighted by molar-refractivity contribution is 5.20. The van der Waals surface area contributed by atoms with E-state index in [0.717, 1.165) is 19.3 Å². The largest absolute Gasteiger partial charge is 0.393 e. The predicted octanol–water partition coefficient (Wildman–Crippen LogP) is 2.58. The lowest BCUT2D eigenvalue weighted by Crippen LogP contribution is -2.48. The maximum atomic E-state index is 10.8. The molecule has 0 aromatic heterocycles. The van der Waals surface area contributed by atoms with Crippen molar-refractivity contribution in [1.29, 1.82) is 0 Å². The molecule has 0 aromatic carbocycles. The molecular weight excluding hydrogens is 212 g/mol. The van der Waals surface area contributed by atoms with Crippen molar-refractivity contribution in [3.63, 3.8) is 0 Å². The van der Waals surface area contributed by atoms with Gasteiger partial charge in [-0.05, 0) is 53.8 Å². The third-order valence-corrected chi connectivity index (χ3v) is 7.18. The molecule has 3 fully saturated rings. The van der Waals surface area contributed by atoms with Crippen LogP contribution in [0, 0.1) is 28.1 Å². The van der Waals surface area contributed by atoms with Crippen LogP contribution in [0.25, 0.3) is 0 Å². The number of aliphatic hydroxyl groups is 2. The SMILES string of the molecule is CC1(C)C2C(O)C3(C)CCC2C3(C)CC[C@H]1O. The fraction of sp³-hybridized carbons (Fsp3) is 1.00. The van der Waals surface area contributed by atoms with Crippen LogP contribution < -0.4 is 0 Å². The Morgan fingerprint density at radius 1 is 0.882 bits per heavy atom. The van der Waals surface area contributed by atoms with E-state index in [2.05, 4.69) is 27.7 Å². The van der Waals surface area contributed by atoms with E-state index in [9.17, 15) is 10.2 Å². The van der Waals surface area contributed by atoms with Crippen LogP contribution in [0.3, 0.4) is 0 Å².